The van der Waals surface area contributed by atoms with Gasteiger partial charge in [0, 0.05) is 36.1 Å². The fourth-order valence-electron chi connectivity index (χ4n) is 3.98. The smallest absolute Gasteiger partial charge is 0.225 e. The van der Waals surface area contributed by atoms with Crippen LogP contribution in [0.5, 0.6) is 0 Å². The van der Waals surface area contributed by atoms with Gasteiger partial charge >= 0.3 is 0 Å². The highest BCUT2D eigenvalue weighted by Crippen LogP contribution is 2.43. The van der Waals surface area contributed by atoms with Crippen LogP contribution in [0.25, 0.3) is 0 Å². The van der Waals surface area contributed by atoms with Gasteiger partial charge in [0.25, 0.3) is 0 Å². The number of rotatable bonds is 2. The van der Waals surface area contributed by atoms with Crippen molar-refractivity contribution >= 4 is 11.7 Å². The molecule has 1 aliphatic carbocycles. The van der Waals surface area contributed by atoms with E-state index in [1.165, 1.54) is 18.2 Å². The highest BCUT2D eigenvalue weighted by molar-refractivity contribution is 6.02. The van der Waals surface area contributed by atoms with Crippen LogP contribution >= 0.6 is 0 Å². The summed E-state index contributed by atoms with van der Waals surface area (Å²) in [5, 5.41) is 2.74. The van der Waals surface area contributed by atoms with E-state index < -0.39 is 17.6 Å². The van der Waals surface area contributed by atoms with Crippen molar-refractivity contribution in [1.29, 1.82) is 0 Å². The third-order valence-corrected chi connectivity index (χ3v) is 5.22. The summed E-state index contributed by atoms with van der Waals surface area (Å²) in [4.78, 5) is 25.0. The second kappa shape index (κ2) is 6.68. The van der Waals surface area contributed by atoms with Crippen molar-refractivity contribution < 1.29 is 22.8 Å². The number of nitrogens with one attached hydrogen (secondary N) is 1. The van der Waals surface area contributed by atoms with E-state index in [9.17, 15) is 22.8 Å². The maximum atomic E-state index is 14.3. The van der Waals surface area contributed by atoms with Gasteiger partial charge in [-0.2, -0.15) is 0 Å². The van der Waals surface area contributed by atoms with Crippen molar-refractivity contribution in [2.75, 3.05) is 0 Å². The van der Waals surface area contributed by atoms with Gasteiger partial charge in [0.15, 0.2) is 5.78 Å². The maximum absolute atomic E-state index is 14.3. The van der Waals surface area contributed by atoms with Gasteiger partial charge in [0.1, 0.15) is 17.5 Å². The number of amides is 1. The Labute approximate surface area is 153 Å². The summed E-state index contributed by atoms with van der Waals surface area (Å²) in [5.74, 6) is -3.25. The largest absolute Gasteiger partial charge is 0.329 e. The number of benzene rings is 2. The van der Waals surface area contributed by atoms with E-state index in [2.05, 4.69) is 5.32 Å². The molecule has 0 aromatic heterocycles. The van der Waals surface area contributed by atoms with Crippen LogP contribution in [0, 0.1) is 17.5 Å². The summed E-state index contributed by atoms with van der Waals surface area (Å²) in [6, 6.07) is 9.09. The topological polar surface area (TPSA) is 46.2 Å². The molecular weight excluding hydrogens is 355 g/mol. The van der Waals surface area contributed by atoms with E-state index in [1.807, 2.05) is 0 Å². The Kier molecular flexibility index (Phi) is 4.34. The number of allylic oxidation sites excluding steroid dienone is 2. The molecule has 0 radical (unpaired) electrons. The monoisotopic (exact) mass is 371 g/mol. The van der Waals surface area contributed by atoms with Crippen LogP contribution in [0.3, 0.4) is 0 Å². The summed E-state index contributed by atoms with van der Waals surface area (Å²) in [6.45, 7) is 0. The lowest BCUT2D eigenvalue weighted by atomic mass is 9.73. The maximum Gasteiger partial charge on any atom is 0.225 e. The standard InChI is InChI=1S/C21H16F3NO2/c22-13-3-1-11(2-4-13)12-7-18-21(19(26)8-12)16(10-20(27)25-18)15-6-5-14(23)9-17(15)24/h1-6,9,12,16H,7-8,10H2,(H,25,27)/t12-,16+/m1/s1. The van der Waals surface area contributed by atoms with Crippen molar-refractivity contribution in [3.05, 3.63) is 82.3 Å². The van der Waals surface area contributed by atoms with Crippen LogP contribution < -0.4 is 5.32 Å². The molecule has 27 heavy (non-hydrogen) atoms. The number of ketones is 1. The lowest BCUT2D eigenvalue weighted by Crippen LogP contribution is -2.38. The summed E-state index contributed by atoms with van der Waals surface area (Å²) in [7, 11) is 0. The highest BCUT2D eigenvalue weighted by Gasteiger charge is 2.39. The fraction of sp³-hybridized carbons (Fsp3) is 0.238. The van der Waals surface area contributed by atoms with Gasteiger partial charge in [-0.3, -0.25) is 9.59 Å². The zero-order chi connectivity index (χ0) is 19.1. The number of carbonyl (C=O) groups excluding carboxylic acids is 2. The minimum Gasteiger partial charge on any atom is -0.329 e. The minimum absolute atomic E-state index is 0.0612. The van der Waals surface area contributed by atoms with E-state index in [0.717, 1.165) is 17.7 Å². The first-order valence-corrected chi connectivity index (χ1v) is 8.69. The van der Waals surface area contributed by atoms with Crippen molar-refractivity contribution in [3.8, 4) is 0 Å². The number of halogens is 3. The van der Waals surface area contributed by atoms with Gasteiger partial charge in [-0.1, -0.05) is 18.2 Å². The van der Waals surface area contributed by atoms with Crippen LogP contribution in [-0.2, 0) is 9.59 Å². The SMILES string of the molecule is O=C1C[C@@H](c2ccc(F)cc2F)C2=C(C[C@@H](c3ccc(F)cc3)CC2=O)N1. The van der Waals surface area contributed by atoms with Crippen LogP contribution in [0.15, 0.2) is 53.7 Å². The van der Waals surface area contributed by atoms with Crippen LogP contribution in [0.1, 0.15) is 42.2 Å². The van der Waals surface area contributed by atoms with E-state index >= 15 is 0 Å². The molecule has 2 atom stereocenters. The number of carbonyl (C=O) groups is 2. The van der Waals surface area contributed by atoms with Crippen molar-refractivity contribution in [2.45, 2.75) is 31.1 Å². The van der Waals surface area contributed by atoms with Crippen molar-refractivity contribution in [2.24, 2.45) is 0 Å². The Morgan fingerprint density at radius 3 is 2.26 bits per heavy atom. The molecule has 1 amide bonds. The van der Waals surface area contributed by atoms with Crippen LogP contribution in [0.2, 0.25) is 0 Å². The lowest BCUT2D eigenvalue weighted by Gasteiger charge is -2.34. The normalized spacial score (nSPS) is 22.5. The highest BCUT2D eigenvalue weighted by atomic mass is 19.1. The molecule has 1 N–H and O–H groups in total. The molecule has 0 bridgehead atoms. The molecule has 0 unspecified atom stereocenters. The Bertz CT molecular complexity index is 966. The molecule has 2 aromatic carbocycles. The van der Waals surface area contributed by atoms with Gasteiger partial charge in [-0.25, -0.2) is 13.2 Å². The van der Waals surface area contributed by atoms with Gasteiger partial charge in [-0.15, -0.1) is 0 Å². The number of Topliss-reactive ketones (excluding diaryl/α,β-unsaturated/α-hetero) is 1. The first kappa shape index (κ1) is 17.5. The molecule has 0 spiro atoms. The number of hydrogen-bond acceptors (Lipinski definition) is 2. The lowest BCUT2D eigenvalue weighted by molar-refractivity contribution is -0.122. The predicted molar refractivity (Wildman–Crippen MR) is 92.3 cm³/mol. The Hall–Kier alpha value is -2.89. The quantitative estimate of drug-likeness (QED) is 0.864. The Morgan fingerprint density at radius 2 is 1.56 bits per heavy atom. The van der Waals surface area contributed by atoms with Crippen molar-refractivity contribution in [3.63, 3.8) is 0 Å². The molecule has 6 heteroatoms. The van der Waals surface area contributed by atoms with Crippen molar-refractivity contribution in [1.82, 2.24) is 5.32 Å². The molecule has 2 aliphatic rings. The molecule has 3 nitrogen and oxygen atoms in total. The summed E-state index contributed by atoms with van der Waals surface area (Å²) in [6.07, 6.45) is 0.533. The molecule has 4 rings (SSSR count). The fourth-order valence-corrected chi connectivity index (χ4v) is 3.98. The third-order valence-electron chi connectivity index (χ3n) is 5.22. The average Bonchev–Trinajstić information content (AvgIpc) is 2.61. The first-order valence-electron chi connectivity index (χ1n) is 8.69. The average molecular weight is 371 g/mol. The first-order chi connectivity index (χ1) is 12.9. The Balaban J connectivity index is 1.73. The second-order valence-corrected chi connectivity index (χ2v) is 6.94. The number of hydrogen-bond donors (Lipinski definition) is 1. The van der Waals surface area contributed by atoms with Gasteiger partial charge in [-0.05, 0) is 41.7 Å². The van der Waals surface area contributed by atoms with E-state index in [4.69, 9.17) is 0 Å². The van der Waals surface area contributed by atoms with Crippen LogP contribution in [0.4, 0.5) is 13.2 Å². The molecule has 0 saturated carbocycles. The van der Waals surface area contributed by atoms with Crippen LogP contribution in [-0.4, -0.2) is 11.7 Å². The molecule has 1 aliphatic heterocycles. The zero-order valence-electron chi connectivity index (χ0n) is 14.3. The van der Waals surface area contributed by atoms with Gasteiger partial charge in [0.05, 0.1) is 0 Å². The molecule has 1 heterocycles. The predicted octanol–water partition coefficient (Wildman–Crippen LogP) is 4.11. The zero-order valence-corrected chi connectivity index (χ0v) is 14.3. The third kappa shape index (κ3) is 3.27. The molecule has 138 valence electrons. The summed E-state index contributed by atoms with van der Waals surface area (Å²) >= 11 is 0. The molecule has 2 aromatic rings. The second-order valence-electron chi connectivity index (χ2n) is 6.94. The summed E-state index contributed by atoms with van der Waals surface area (Å²) in [5.41, 5.74) is 1.82. The minimum atomic E-state index is -0.769. The van der Waals surface area contributed by atoms with Gasteiger partial charge in [0.2, 0.25) is 5.91 Å². The van der Waals surface area contributed by atoms with E-state index in [0.29, 0.717) is 17.7 Å². The van der Waals surface area contributed by atoms with E-state index in [1.54, 1.807) is 12.1 Å². The van der Waals surface area contributed by atoms with E-state index in [-0.39, 0.29) is 41.8 Å². The Morgan fingerprint density at radius 1 is 0.852 bits per heavy atom. The molecule has 0 fully saturated rings. The van der Waals surface area contributed by atoms with Gasteiger partial charge < -0.3 is 5.32 Å². The molecule has 0 saturated heterocycles. The summed E-state index contributed by atoms with van der Waals surface area (Å²) < 4.78 is 40.7. The molecular formula is C21H16F3NO2.